The summed E-state index contributed by atoms with van der Waals surface area (Å²) in [5.41, 5.74) is 1.49. The SMILES string of the molecule is C=CCNC(=O)[C@H](C)N(c1ccc(C)cc1)S(C)(=O)=O. The lowest BCUT2D eigenvalue weighted by Gasteiger charge is -2.28. The van der Waals surface area contributed by atoms with Crippen molar-refractivity contribution >= 4 is 21.6 Å². The molecule has 5 nitrogen and oxygen atoms in total. The van der Waals surface area contributed by atoms with Gasteiger partial charge >= 0.3 is 0 Å². The summed E-state index contributed by atoms with van der Waals surface area (Å²) in [5, 5.41) is 2.60. The van der Waals surface area contributed by atoms with Gasteiger partial charge in [-0.1, -0.05) is 23.8 Å². The van der Waals surface area contributed by atoms with Crippen molar-refractivity contribution in [2.75, 3.05) is 17.1 Å². The van der Waals surface area contributed by atoms with Crippen LogP contribution in [0.3, 0.4) is 0 Å². The molecule has 20 heavy (non-hydrogen) atoms. The molecule has 0 aromatic heterocycles. The number of nitrogens with one attached hydrogen (secondary N) is 1. The van der Waals surface area contributed by atoms with Crippen LogP contribution in [0, 0.1) is 6.92 Å². The van der Waals surface area contributed by atoms with Crippen LogP contribution in [0.5, 0.6) is 0 Å². The van der Waals surface area contributed by atoms with Crippen molar-refractivity contribution in [1.82, 2.24) is 5.32 Å². The first-order valence-corrected chi connectivity index (χ1v) is 8.07. The van der Waals surface area contributed by atoms with Crippen molar-refractivity contribution in [3.05, 3.63) is 42.5 Å². The van der Waals surface area contributed by atoms with Crippen LogP contribution in [0.25, 0.3) is 0 Å². The second-order valence-corrected chi connectivity index (χ2v) is 6.46. The highest BCUT2D eigenvalue weighted by Gasteiger charge is 2.28. The van der Waals surface area contributed by atoms with E-state index in [1.807, 2.05) is 19.1 Å². The maximum atomic E-state index is 12.0. The van der Waals surface area contributed by atoms with Gasteiger partial charge in [0.2, 0.25) is 15.9 Å². The van der Waals surface area contributed by atoms with Crippen molar-refractivity contribution in [2.24, 2.45) is 0 Å². The Bertz CT molecular complexity index is 579. The fourth-order valence-electron chi connectivity index (χ4n) is 1.82. The Labute approximate surface area is 120 Å². The summed E-state index contributed by atoms with van der Waals surface area (Å²) in [4.78, 5) is 12.0. The molecular formula is C14H20N2O3S. The average Bonchev–Trinajstić information content (AvgIpc) is 2.36. The molecule has 0 spiro atoms. The van der Waals surface area contributed by atoms with Crippen LogP contribution in [0.4, 0.5) is 5.69 Å². The van der Waals surface area contributed by atoms with Gasteiger partial charge in [0.1, 0.15) is 6.04 Å². The molecule has 110 valence electrons. The molecule has 0 heterocycles. The number of rotatable bonds is 6. The lowest BCUT2D eigenvalue weighted by Crippen LogP contribution is -2.47. The summed E-state index contributed by atoms with van der Waals surface area (Å²) < 4.78 is 25.0. The van der Waals surface area contributed by atoms with Crippen molar-refractivity contribution in [1.29, 1.82) is 0 Å². The molecule has 1 rings (SSSR count). The molecule has 6 heteroatoms. The van der Waals surface area contributed by atoms with Gasteiger partial charge in [0, 0.05) is 6.54 Å². The van der Waals surface area contributed by atoms with E-state index in [1.54, 1.807) is 25.1 Å². The van der Waals surface area contributed by atoms with Gasteiger partial charge in [0.05, 0.1) is 11.9 Å². The molecule has 0 saturated carbocycles. The Hall–Kier alpha value is -1.82. The van der Waals surface area contributed by atoms with E-state index in [-0.39, 0.29) is 5.91 Å². The smallest absolute Gasteiger partial charge is 0.243 e. The van der Waals surface area contributed by atoms with E-state index < -0.39 is 16.1 Å². The highest BCUT2D eigenvalue weighted by molar-refractivity contribution is 7.92. The zero-order valence-corrected chi connectivity index (χ0v) is 12.8. The molecule has 0 unspecified atom stereocenters. The second-order valence-electron chi connectivity index (χ2n) is 4.60. The zero-order chi connectivity index (χ0) is 15.3. The molecule has 0 bridgehead atoms. The second kappa shape index (κ2) is 6.56. The van der Waals surface area contributed by atoms with E-state index >= 15 is 0 Å². The van der Waals surface area contributed by atoms with Gasteiger partial charge in [0.15, 0.2) is 0 Å². The number of anilines is 1. The van der Waals surface area contributed by atoms with Gasteiger partial charge in [-0.05, 0) is 26.0 Å². The predicted octanol–water partition coefficient (Wildman–Crippen LogP) is 1.45. The predicted molar refractivity (Wildman–Crippen MR) is 81.2 cm³/mol. The summed E-state index contributed by atoms with van der Waals surface area (Å²) >= 11 is 0. The number of amides is 1. The molecule has 0 aliphatic carbocycles. The Morgan fingerprint density at radius 2 is 1.95 bits per heavy atom. The largest absolute Gasteiger partial charge is 0.351 e. The molecule has 1 aromatic rings. The first kappa shape index (κ1) is 16.2. The third-order valence-corrected chi connectivity index (χ3v) is 4.04. The first-order chi connectivity index (χ1) is 9.27. The average molecular weight is 296 g/mol. The number of carbonyl (C=O) groups is 1. The van der Waals surface area contributed by atoms with E-state index in [2.05, 4.69) is 11.9 Å². The molecule has 0 saturated heterocycles. The highest BCUT2D eigenvalue weighted by atomic mass is 32.2. The molecule has 0 fully saturated rings. The lowest BCUT2D eigenvalue weighted by atomic mass is 10.2. The van der Waals surface area contributed by atoms with E-state index in [0.717, 1.165) is 16.1 Å². The number of hydrogen-bond acceptors (Lipinski definition) is 3. The fraction of sp³-hybridized carbons (Fsp3) is 0.357. The van der Waals surface area contributed by atoms with E-state index in [0.29, 0.717) is 12.2 Å². The molecule has 0 aliphatic rings. The van der Waals surface area contributed by atoms with Crippen molar-refractivity contribution in [3.8, 4) is 0 Å². The topological polar surface area (TPSA) is 66.5 Å². The lowest BCUT2D eigenvalue weighted by molar-refractivity contribution is -0.121. The van der Waals surface area contributed by atoms with Gasteiger partial charge < -0.3 is 5.32 Å². The summed E-state index contributed by atoms with van der Waals surface area (Å²) in [6.45, 7) is 7.27. The summed E-state index contributed by atoms with van der Waals surface area (Å²) in [6.07, 6.45) is 2.63. The number of benzene rings is 1. The molecule has 1 amide bonds. The van der Waals surface area contributed by atoms with Crippen molar-refractivity contribution in [3.63, 3.8) is 0 Å². The van der Waals surface area contributed by atoms with E-state index in [1.165, 1.54) is 0 Å². The van der Waals surface area contributed by atoms with Gasteiger partial charge in [-0.3, -0.25) is 9.10 Å². The van der Waals surface area contributed by atoms with Gasteiger partial charge in [-0.2, -0.15) is 0 Å². The van der Waals surface area contributed by atoms with Crippen LogP contribution in [-0.4, -0.2) is 33.2 Å². The standard InChI is InChI=1S/C14H20N2O3S/c1-5-10-15-14(17)12(3)16(20(4,18)19)13-8-6-11(2)7-9-13/h5-9,12H,1,10H2,2-4H3,(H,15,17)/t12-/m0/s1. The molecule has 0 radical (unpaired) electrons. The number of nitrogens with zero attached hydrogens (tertiary/aromatic N) is 1. The first-order valence-electron chi connectivity index (χ1n) is 6.22. The number of aryl methyl sites for hydroxylation is 1. The number of hydrogen-bond donors (Lipinski definition) is 1. The fourth-order valence-corrected chi connectivity index (χ4v) is 3.00. The van der Waals surface area contributed by atoms with Crippen molar-refractivity contribution in [2.45, 2.75) is 19.9 Å². The molecule has 1 atom stereocenters. The van der Waals surface area contributed by atoms with Crippen LogP contribution < -0.4 is 9.62 Å². The Kier molecular flexibility index (Phi) is 5.33. The molecule has 0 aliphatic heterocycles. The van der Waals surface area contributed by atoms with E-state index in [4.69, 9.17) is 0 Å². The highest BCUT2D eigenvalue weighted by Crippen LogP contribution is 2.21. The summed E-state index contributed by atoms with van der Waals surface area (Å²) in [5.74, 6) is -0.365. The van der Waals surface area contributed by atoms with Gasteiger partial charge in [-0.25, -0.2) is 8.42 Å². The number of carbonyl (C=O) groups excluding carboxylic acids is 1. The summed E-state index contributed by atoms with van der Waals surface area (Å²) in [7, 11) is -3.55. The quantitative estimate of drug-likeness (QED) is 0.808. The Morgan fingerprint density at radius 1 is 1.40 bits per heavy atom. The minimum atomic E-state index is -3.55. The van der Waals surface area contributed by atoms with Crippen LogP contribution in [0.2, 0.25) is 0 Å². The van der Waals surface area contributed by atoms with Crippen LogP contribution in [-0.2, 0) is 14.8 Å². The maximum absolute atomic E-state index is 12.0. The van der Waals surface area contributed by atoms with Gasteiger partial charge in [0.25, 0.3) is 0 Å². The minimum absolute atomic E-state index is 0.300. The Morgan fingerprint density at radius 3 is 2.40 bits per heavy atom. The molecular weight excluding hydrogens is 276 g/mol. The minimum Gasteiger partial charge on any atom is -0.351 e. The monoisotopic (exact) mass is 296 g/mol. The Balaban J connectivity index is 3.10. The molecule has 1 aromatic carbocycles. The van der Waals surface area contributed by atoms with Crippen LogP contribution in [0.15, 0.2) is 36.9 Å². The van der Waals surface area contributed by atoms with Gasteiger partial charge in [-0.15, -0.1) is 6.58 Å². The summed E-state index contributed by atoms with van der Waals surface area (Å²) in [6, 6.07) is 6.16. The third kappa shape index (κ3) is 4.09. The van der Waals surface area contributed by atoms with E-state index in [9.17, 15) is 13.2 Å². The van der Waals surface area contributed by atoms with Crippen LogP contribution >= 0.6 is 0 Å². The van der Waals surface area contributed by atoms with Crippen molar-refractivity contribution < 1.29 is 13.2 Å². The molecule has 1 N–H and O–H groups in total. The number of sulfonamides is 1. The third-order valence-electron chi connectivity index (χ3n) is 2.80. The zero-order valence-electron chi connectivity index (χ0n) is 12.0. The normalized spacial score (nSPS) is 12.6. The maximum Gasteiger partial charge on any atom is 0.243 e. The van der Waals surface area contributed by atoms with Crippen LogP contribution in [0.1, 0.15) is 12.5 Å².